The van der Waals surface area contributed by atoms with Crippen LogP contribution >= 0.6 is 0 Å². The fraction of sp³-hybridized carbons (Fsp3) is 0.600. The Labute approximate surface area is 182 Å². The minimum Gasteiger partial charge on any atom is -0.481 e. The summed E-state index contributed by atoms with van der Waals surface area (Å²) in [4.78, 5) is 25.4. The summed E-state index contributed by atoms with van der Waals surface area (Å²) in [7, 11) is 0. The van der Waals surface area contributed by atoms with Gasteiger partial charge < -0.3 is 19.4 Å². The van der Waals surface area contributed by atoms with E-state index in [1.807, 2.05) is 32.9 Å². The maximum atomic E-state index is 13.4. The molecule has 0 aromatic carbocycles. The number of aliphatic hydroxyl groups excluding tert-OH is 1. The van der Waals surface area contributed by atoms with Crippen molar-refractivity contribution in [1.29, 1.82) is 0 Å². The van der Waals surface area contributed by atoms with Crippen LogP contribution in [0, 0.1) is 22.7 Å². The van der Waals surface area contributed by atoms with Gasteiger partial charge in [0.05, 0.1) is 37.3 Å². The number of aliphatic carboxylic acids is 1. The fourth-order valence-corrected chi connectivity index (χ4v) is 7.68. The summed E-state index contributed by atoms with van der Waals surface area (Å²) in [5, 5.41) is 21.4. The van der Waals surface area contributed by atoms with E-state index < -0.39 is 40.8 Å². The Hall–Kier alpha value is -2.18. The molecule has 2 N–H and O–H groups in total. The number of carbonyl (C=O) groups excluding carboxylic acids is 1. The van der Waals surface area contributed by atoms with Crippen LogP contribution in [0.1, 0.15) is 58.4 Å². The first kappa shape index (κ1) is 20.7. The molecule has 8 atom stereocenters. The summed E-state index contributed by atoms with van der Waals surface area (Å²) in [5.74, 6) is -1.68. The molecule has 0 spiro atoms. The summed E-state index contributed by atoms with van der Waals surface area (Å²) in [6.45, 7) is 7.92. The first-order valence-electron chi connectivity index (χ1n) is 11.1. The van der Waals surface area contributed by atoms with Gasteiger partial charge in [-0.2, -0.15) is 0 Å². The van der Waals surface area contributed by atoms with Crippen molar-refractivity contribution in [2.75, 3.05) is 0 Å². The lowest BCUT2D eigenvalue weighted by atomic mass is 9.44. The van der Waals surface area contributed by atoms with Gasteiger partial charge in [0.15, 0.2) is 0 Å². The molecule has 1 saturated heterocycles. The lowest BCUT2D eigenvalue weighted by Gasteiger charge is -2.59. The molecule has 2 unspecified atom stereocenters. The second-order valence-electron chi connectivity index (χ2n) is 10.2. The molecule has 2 heterocycles. The van der Waals surface area contributed by atoms with E-state index in [1.165, 1.54) is 0 Å². The number of carbonyl (C=O) groups is 2. The van der Waals surface area contributed by atoms with Gasteiger partial charge in [0.25, 0.3) is 0 Å². The lowest BCUT2D eigenvalue weighted by Crippen LogP contribution is -2.65. The molecule has 0 amide bonds. The third kappa shape index (κ3) is 2.52. The van der Waals surface area contributed by atoms with Crippen LogP contribution in [0.2, 0.25) is 0 Å². The zero-order chi connectivity index (χ0) is 22.3. The highest BCUT2D eigenvalue weighted by Crippen LogP contribution is 2.68. The second-order valence-corrected chi connectivity index (χ2v) is 10.2. The molecule has 5 rings (SSSR count). The molecule has 1 aromatic heterocycles. The van der Waals surface area contributed by atoms with Crippen molar-refractivity contribution in [1.82, 2.24) is 0 Å². The number of furan rings is 1. The van der Waals surface area contributed by atoms with Crippen LogP contribution in [0.4, 0.5) is 0 Å². The summed E-state index contributed by atoms with van der Waals surface area (Å²) >= 11 is 0. The van der Waals surface area contributed by atoms with Crippen molar-refractivity contribution < 1.29 is 29.0 Å². The standard InChI is InChI=1S/C25H30O6/c1-12-5-6-18(26)24(3)17(10-19(27)28)25(4)21-13(2)15(14-7-8-30-11-14)9-16(21)31-23(25)22(29)20(12)24/h5,7-8,11,15-17,20,22-23,29H,6,9-10H2,1-4H3,(H,27,28)/t15?,16-,17?,20+,22+,23+,24-,25+/m0/s1. The molecule has 1 aromatic rings. The average Bonchev–Trinajstić information content (AvgIpc) is 3.39. The highest BCUT2D eigenvalue weighted by Gasteiger charge is 2.71. The molecule has 2 fully saturated rings. The van der Waals surface area contributed by atoms with Crippen LogP contribution in [0.25, 0.3) is 0 Å². The molecule has 0 radical (unpaired) electrons. The number of fused-ring (bicyclic) bond motifs is 4. The Morgan fingerprint density at radius 1 is 1.26 bits per heavy atom. The Morgan fingerprint density at radius 3 is 2.65 bits per heavy atom. The number of allylic oxidation sites excluding steroid dienone is 2. The molecule has 6 heteroatoms. The number of hydrogen-bond acceptors (Lipinski definition) is 5. The first-order valence-corrected chi connectivity index (χ1v) is 11.1. The first-order chi connectivity index (χ1) is 14.6. The SMILES string of the molecule is CC1=CCC(=O)[C@]2(C)C(CC(=O)O)[C@]3(C)C4=C(C)C(c5ccoc5)C[C@@H]4O[C@@H]3[C@H](O)[C@@H]12. The van der Waals surface area contributed by atoms with Crippen molar-refractivity contribution in [2.24, 2.45) is 22.7 Å². The number of ketones is 1. The zero-order valence-corrected chi connectivity index (χ0v) is 18.4. The quantitative estimate of drug-likeness (QED) is 0.713. The van der Waals surface area contributed by atoms with Gasteiger partial charge in [-0.05, 0) is 43.4 Å². The molecule has 166 valence electrons. The van der Waals surface area contributed by atoms with Crippen molar-refractivity contribution in [3.63, 3.8) is 0 Å². The van der Waals surface area contributed by atoms with Gasteiger partial charge in [-0.1, -0.05) is 31.1 Å². The van der Waals surface area contributed by atoms with Gasteiger partial charge in [0, 0.05) is 29.1 Å². The van der Waals surface area contributed by atoms with Crippen molar-refractivity contribution in [3.8, 4) is 0 Å². The lowest BCUT2D eigenvalue weighted by molar-refractivity contribution is -0.189. The van der Waals surface area contributed by atoms with Crippen molar-refractivity contribution in [3.05, 3.63) is 47.0 Å². The average molecular weight is 427 g/mol. The van der Waals surface area contributed by atoms with Crippen LogP contribution in [-0.4, -0.2) is 40.3 Å². The van der Waals surface area contributed by atoms with Crippen LogP contribution in [0.5, 0.6) is 0 Å². The largest absolute Gasteiger partial charge is 0.481 e. The van der Waals surface area contributed by atoms with E-state index in [0.717, 1.165) is 28.7 Å². The maximum absolute atomic E-state index is 13.4. The van der Waals surface area contributed by atoms with Crippen LogP contribution in [0.3, 0.4) is 0 Å². The number of carboxylic acids is 1. The predicted octanol–water partition coefficient (Wildman–Crippen LogP) is 3.86. The number of aliphatic hydroxyl groups is 1. The minimum absolute atomic E-state index is 0.0131. The molecule has 4 aliphatic rings. The highest BCUT2D eigenvalue weighted by molar-refractivity contribution is 5.89. The summed E-state index contributed by atoms with van der Waals surface area (Å²) in [5.41, 5.74) is 2.57. The van der Waals surface area contributed by atoms with Gasteiger partial charge in [-0.25, -0.2) is 0 Å². The molecular formula is C25H30O6. The van der Waals surface area contributed by atoms with Crippen LogP contribution in [0.15, 0.2) is 45.8 Å². The Bertz CT molecular complexity index is 1000. The second kappa shape index (κ2) is 6.66. The minimum atomic E-state index is -0.957. The van der Waals surface area contributed by atoms with Crippen molar-refractivity contribution in [2.45, 2.75) is 71.2 Å². The van der Waals surface area contributed by atoms with E-state index in [2.05, 4.69) is 6.92 Å². The molecule has 1 aliphatic heterocycles. The number of ether oxygens (including phenoxy) is 1. The Balaban J connectivity index is 1.70. The zero-order valence-electron chi connectivity index (χ0n) is 18.4. The van der Waals surface area contributed by atoms with E-state index in [-0.39, 0.29) is 30.6 Å². The molecular weight excluding hydrogens is 396 g/mol. The smallest absolute Gasteiger partial charge is 0.303 e. The van der Waals surface area contributed by atoms with E-state index in [0.29, 0.717) is 0 Å². The molecule has 1 saturated carbocycles. The summed E-state index contributed by atoms with van der Waals surface area (Å²) in [6.07, 6.45) is 4.59. The summed E-state index contributed by atoms with van der Waals surface area (Å²) < 4.78 is 11.8. The normalized spacial score (nSPS) is 44.0. The number of carboxylic acid groups (broad SMARTS) is 1. The summed E-state index contributed by atoms with van der Waals surface area (Å²) in [6, 6.07) is 1.95. The van der Waals surface area contributed by atoms with Crippen LogP contribution in [-0.2, 0) is 14.3 Å². The van der Waals surface area contributed by atoms with E-state index in [4.69, 9.17) is 9.15 Å². The van der Waals surface area contributed by atoms with E-state index >= 15 is 0 Å². The van der Waals surface area contributed by atoms with Crippen molar-refractivity contribution >= 4 is 11.8 Å². The number of hydrogen-bond donors (Lipinski definition) is 2. The van der Waals surface area contributed by atoms with E-state index in [9.17, 15) is 19.8 Å². The number of rotatable bonds is 3. The Kier molecular flexibility index (Phi) is 4.45. The predicted molar refractivity (Wildman–Crippen MR) is 112 cm³/mol. The molecule has 6 nitrogen and oxygen atoms in total. The van der Waals surface area contributed by atoms with Crippen LogP contribution < -0.4 is 0 Å². The molecule has 3 aliphatic carbocycles. The third-order valence-electron chi connectivity index (χ3n) is 8.97. The molecule has 0 bridgehead atoms. The molecule has 31 heavy (non-hydrogen) atoms. The van der Waals surface area contributed by atoms with Gasteiger partial charge in [-0.3, -0.25) is 9.59 Å². The monoisotopic (exact) mass is 426 g/mol. The van der Waals surface area contributed by atoms with Gasteiger partial charge in [0.2, 0.25) is 0 Å². The topological polar surface area (TPSA) is 97.0 Å². The van der Waals surface area contributed by atoms with Gasteiger partial charge in [-0.15, -0.1) is 0 Å². The highest BCUT2D eigenvalue weighted by atomic mass is 16.5. The van der Waals surface area contributed by atoms with E-state index in [1.54, 1.807) is 12.5 Å². The fourth-order valence-electron chi connectivity index (χ4n) is 7.68. The third-order valence-corrected chi connectivity index (χ3v) is 8.97. The number of Topliss-reactive ketones (excluding diaryl/α,β-unsaturated/α-hetero) is 1. The van der Waals surface area contributed by atoms with Gasteiger partial charge >= 0.3 is 5.97 Å². The maximum Gasteiger partial charge on any atom is 0.303 e. The Morgan fingerprint density at radius 2 is 2.00 bits per heavy atom. The van der Waals surface area contributed by atoms with Gasteiger partial charge in [0.1, 0.15) is 5.78 Å².